The van der Waals surface area contributed by atoms with E-state index in [1.807, 2.05) is 0 Å². The van der Waals surface area contributed by atoms with E-state index in [0.29, 0.717) is 0 Å². The number of rotatable bonds is 9. The van der Waals surface area contributed by atoms with E-state index >= 15 is 0 Å². The van der Waals surface area contributed by atoms with Crippen molar-refractivity contribution in [3.8, 4) is 0 Å². The van der Waals surface area contributed by atoms with Gasteiger partial charge in [-0.05, 0) is 18.9 Å². The summed E-state index contributed by atoms with van der Waals surface area (Å²) in [5.41, 5.74) is 0. The van der Waals surface area contributed by atoms with Crippen molar-refractivity contribution in [3.05, 3.63) is 12.2 Å². The zero-order valence-corrected chi connectivity index (χ0v) is 15.1. The van der Waals surface area contributed by atoms with Crippen LogP contribution in [0.15, 0.2) is 12.2 Å². The molecule has 0 fully saturated rings. The third-order valence-corrected chi connectivity index (χ3v) is 8.56. The van der Waals surface area contributed by atoms with Gasteiger partial charge in [0, 0.05) is 8.07 Å². The quantitative estimate of drug-likeness (QED) is 0.267. The third kappa shape index (κ3) is 12.4. The monoisotopic (exact) mass is 270 g/mol. The van der Waals surface area contributed by atoms with Crippen molar-refractivity contribution in [3.63, 3.8) is 0 Å². The van der Waals surface area contributed by atoms with Crippen LogP contribution in [0.2, 0.25) is 50.9 Å². The van der Waals surface area contributed by atoms with Crippen LogP contribution in [0.1, 0.15) is 32.6 Å². The van der Waals surface area contributed by atoms with Gasteiger partial charge in [-0.3, -0.25) is 0 Å². The first-order valence-electron chi connectivity index (χ1n) is 7.42. The van der Waals surface area contributed by atoms with E-state index in [1.54, 1.807) is 0 Å². The molecule has 0 nitrogen and oxygen atoms in total. The van der Waals surface area contributed by atoms with E-state index in [-0.39, 0.29) is 0 Å². The molecule has 0 saturated carbocycles. The van der Waals surface area contributed by atoms with Gasteiger partial charge < -0.3 is 0 Å². The van der Waals surface area contributed by atoms with Gasteiger partial charge in [0.15, 0.2) is 0 Å². The average molecular weight is 271 g/mol. The molecule has 0 amide bonds. The minimum atomic E-state index is -0.934. The van der Waals surface area contributed by atoms with Gasteiger partial charge in [-0.2, -0.15) is 0 Å². The lowest BCUT2D eigenvalue weighted by Crippen LogP contribution is -2.29. The summed E-state index contributed by atoms with van der Waals surface area (Å²) >= 11 is 0. The van der Waals surface area contributed by atoms with Gasteiger partial charge in [0.25, 0.3) is 0 Å². The first kappa shape index (κ1) is 17.2. The third-order valence-electron chi connectivity index (χ3n) is 3.36. The van der Waals surface area contributed by atoms with Crippen LogP contribution in [-0.4, -0.2) is 16.1 Å². The molecule has 0 radical (unpaired) electrons. The summed E-state index contributed by atoms with van der Waals surface area (Å²) in [4.78, 5) is 0. The smallest absolute Gasteiger partial charge is 0.0508 e. The SMILES string of the molecule is CCCCCC=CC[Si](C)(C)CC[Si](C)(C)C. The molecule has 0 atom stereocenters. The van der Waals surface area contributed by atoms with Crippen molar-refractivity contribution < 1.29 is 0 Å². The summed E-state index contributed by atoms with van der Waals surface area (Å²) in [5, 5.41) is 0. The van der Waals surface area contributed by atoms with Crippen molar-refractivity contribution >= 4 is 16.1 Å². The number of unbranched alkanes of at least 4 members (excludes halogenated alkanes) is 3. The predicted octanol–water partition coefficient (Wildman–Crippen LogP) is 6.17. The molecular formula is C15H34Si2. The summed E-state index contributed by atoms with van der Waals surface area (Å²) in [6.07, 6.45) is 10.3. The fraction of sp³-hybridized carbons (Fsp3) is 0.867. The highest BCUT2D eigenvalue weighted by molar-refractivity contribution is 6.82. The molecule has 0 aromatic rings. The fourth-order valence-electron chi connectivity index (χ4n) is 1.85. The Kier molecular flexibility index (Phi) is 8.39. The lowest BCUT2D eigenvalue weighted by atomic mass is 10.2. The molecule has 0 rings (SSSR count). The molecule has 0 aliphatic heterocycles. The molecule has 0 aromatic carbocycles. The van der Waals surface area contributed by atoms with Gasteiger partial charge >= 0.3 is 0 Å². The number of hydrogen-bond acceptors (Lipinski definition) is 0. The number of hydrogen-bond donors (Lipinski definition) is 0. The molecule has 0 saturated heterocycles. The maximum Gasteiger partial charge on any atom is 0.0508 e. The molecule has 17 heavy (non-hydrogen) atoms. The summed E-state index contributed by atoms with van der Waals surface area (Å²) < 4.78 is 0. The van der Waals surface area contributed by atoms with E-state index < -0.39 is 16.1 Å². The minimum absolute atomic E-state index is 0.822. The van der Waals surface area contributed by atoms with Crippen molar-refractivity contribution in [2.45, 2.75) is 83.5 Å². The van der Waals surface area contributed by atoms with Gasteiger partial charge in [-0.25, -0.2) is 0 Å². The Balaban J connectivity index is 3.77. The number of allylic oxidation sites excluding steroid dienone is 2. The van der Waals surface area contributed by atoms with Crippen LogP contribution < -0.4 is 0 Å². The van der Waals surface area contributed by atoms with E-state index in [2.05, 4.69) is 51.8 Å². The molecule has 0 aliphatic carbocycles. The molecule has 0 spiro atoms. The van der Waals surface area contributed by atoms with Crippen LogP contribution in [0.25, 0.3) is 0 Å². The van der Waals surface area contributed by atoms with Crippen molar-refractivity contribution in [2.75, 3.05) is 0 Å². The molecule has 102 valence electrons. The molecule has 0 heterocycles. The lowest BCUT2D eigenvalue weighted by molar-refractivity contribution is 0.729. The van der Waals surface area contributed by atoms with E-state index in [4.69, 9.17) is 0 Å². The van der Waals surface area contributed by atoms with Gasteiger partial charge in [0.2, 0.25) is 0 Å². The summed E-state index contributed by atoms with van der Waals surface area (Å²) in [5.74, 6) is 0. The zero-order chi connectivity index (χ0) is 13.4. The Labute approximate surface area is 112 Å². The Hall–Kier alpha value is 0.174. The van der Waals surface area contributed by atoms with Crippen molar-refractivity contribution in [2.24, 2.45) is 0 Å². The average Bonchev–Trinajstić information content (AvgIpc) is 2.20. The topological polar surface area (TPSA) is 0 Å². The van der Waals surface area contributed by atoms with E-state index in [1.165, 1.54) is 43.8 Å². The highest BCUT2D eigenvalue weighted by Gasteiger charge is 2.22. The Bertz CT molecular complexity index is 211. The van der Waals surface area contributed by atoms with Crippen LogP contribution in [0, 0.1) is 0 Å². The van der Waals surface area contributed by atoms with Crippen LogP contribution in [0.3, 0.4) is 0 Å². The van der Waals surface area contributed by atoms with Crippen molar-refractivity contribution in [1.29, 1.82) is 0 Å². The highest BCUT2D eigenvalue weighted by Crippen LogP contribution is 2.23. The highest BCUT2D eigenvalue weighted by atomic mass is 28.3. The van der Waals surface area contributed by atoms with Gasteiger partial charge in [0.05, 0.1) is 8.07 Å². The molecule has 0 unspecified atom stereocenters. The summed E-state index contributed by atoms with van der Waals surface area (Å²) in [7, 11) is -1.76. The van der Waals surface area contributed by atoms with Crippen LogP contribution in [0.5, 0.6) is 0 Å². The zero-order valence-electron chi connectivity index (χ0n) is 13.1. The maximum absolute atomic E-state index is 2.56. The first-order chi connectivity index (χ1) is 7.77. The van der Waals surface area contributed by atoms with Crippen LogP contribution in [-0.2, 0) is 0 Å². The Morgan fingerprint density at radius 3 is 2.00 bits per heavy atom. The Morgan fingerprint density at radius 1 is 0.824 bits per heavy atom. The molecule has 2 heteroatoms. The van der Waals surface area contributed by atoms with Crippen LogP contribution in [0.4, 0.5) is 0 Å². The standard InChI is InChI=1S/C15H34Si2/c1-7-8-9-10-11-12-13-17(5,6)15-14-16(2,3)4/h11-12H,7-10,13-15H2,1-6H3. The van der Waals surface area contributed by atoms with E-state index in [9.17, 15) is 0 Å². The van der Waals surface area contributed by atoms with Gasteiger partial charge in [0.1, 0.15) is 0 Å². The van der Waals surface area contributed by atoms with Crippen LogP contribution >= 0.6 is 0 Å². The second-order valence-corrected chi connectivity index (χ2v) is 18.3. The molecule has 0 N–H and O–H groups in total. The largest absolute Gasteiger partial charge is 0.0912 e. The fourth-order valence-corrected chi connectivity index (χ4v) is 8.56. The van der Waals surface area contributed by atoms with E-state index in [0.717, 1.165) is 0 Å². The molecule has 0 bridgehead atoms. The second-order valence-electron chi connectivity index (χ2n) is 7.40. The minimum Gasteiger partial charge on any atom is -0.0912 e. The van der Waals surface area contributed by atoms with Gasteiger partial charge in [-0.15, -0.1) is 0 Å². The summed E-state index contributed by atoms with van der Waals surface area (Å²) in [6, 6.07) is 4.45. The molecular weight excluding hydrogens is 236 g/mol. The summed E-state index contributed by atoms with van der Waals surface area (Å²) in [6.45, 7) is 14.9. The normalized spacial score (nSPS) is 13.5. The van der Waals surface area contributed by atoms with Gasteiger partial charge in [-0.1, -0.05) is 76.7 Å². The second kappa shape index (κ2) is 8.31. The molecule has 0 aliphatic rings. The first-order valence-corrected chi connectivity index (χ1v) is 14.5. The Morgan fingerprint density at radius 2 is 1.47 bits per heavy atom. The predicted molar refractivity (Wildman–Crippen MR) is 88.5 cm³/mol. The molecule has 0 aromatic heterocycles. The lowest BCUT2D eigenvalue weighted by Gasteiger charge is -2.25. The maximum atomic E-state index is 2.56. The van der Waals surface area contributed by atoms with Crippen molar-refractivity contribution in [1.82, 2.24) is 0 Å².